The third kappa shape index (κ3) is 4.51. The van der Waals surface area contributed by atoms with E-state index >= 15 is 0 Å². The van der Waals surface area contributed by atoms with E-state index in [0.717, 1.165) is 0 Å². The van der Waals surface area contributed by atoms with Gasteiger partial charge in [-0.15, -0.1) is 0 Å². The predicted molar refractivity (Wildman–Crippen MR) is 118 cm³/mol. The fourth-order valence-corrected chi connectivity index (χ4v) is 5.41. The van der Waals surface area contributed by atoms with E-state index in [-0.39, 0.29) is 30.1 Å². The first-order valence-corrected chi connectivity index (χ1v) is 11.0. The lowest BCUT2D eigenvalue weighted by atomic mass is 9.80. The Morgan fingerprint density at radius 2 is 0.667 bits per heavy atom. The molecule has 0 atom stereocenters. The maximum atomic E-state index is 11.8. The number of hydrogen-bond acceptors (Lipinski definition) is 4. The number of rotatable bonds is 5. The topological polar surface area (TPSA) is 80.3 Å². The van der Waals surface area contributed by atoms with Crippen LogP contribution in [0.15, 0.2) is 0 Å². The fourth-order valence-electron chi connectivity index (χ4n) is 2.64. The van der Waals surface area contributed by atoms with Crippen molar-refractivity contribution in [3.63, 3.8) is 0 Å². The number of carbonyl (C=O) groups excluding carboxylic acids is 2. The molecule has 0 saturated carbocycles. The van der Waals surface area contributed by atoms with Crippen molar-refractivity contribution in [3.8, 4) is 0 Å². The molecular formula is C16H2Cl10O4-2. The molecule has 4 nitrogen and oxygen atoms in total. The average Bonchev–Trinajstić information content (AvgIpc) is 2.67. The molecule has 0 bridgehead atoms. The van der Waals surface area contributed by atoms with Crippen LogP contribution in [0.1, 0.15) is 17.0 Å². The zero-order valence-electron chi connectivity index (χ0n) is 13.6. The second-order valence-electron chi connectivity index (χ2n) is 5.56. The molecule has 0 heterocycles. The summed E-state index contributed by atoms with van der Waals surface area (Å²) in [5.74, 6) is -8.51. The average molecular weight is 613 g/mol. The zero-order chi connectivity index (χ0) is 23.2. The van der Waals surface area contributed by atoms with Gasteiger partial charge in [0.25, 0.3) is 0 Å². The summed E-state index contributed by atoms with van der Waals surface area (Å²) in [6, 6.07) is 0. The first kappa shape index (κ1) is 26.5. The smallest absolute Gasteiger partial charge is 0.0809 e. The van der Waals surface area contributed by atoms with Crippen LogP contribution >= 0.6 is 116 Å². The first-order valence-electron chi connectivity index (χ1n) is 7.19. The van der Waals surface area contributed by atoms with Gasteiger partial charge in [-0.2, -0.15) is 0 Å². The molecular weight excluding hydrogens is 611 g/mol. The first-order chi connectivity index (χ1) is 13.7. The summed E-state index contributed by atoms with van der Waals surface area (Å²) < 4.78 is 0. The molecule has 2 rings (SSSR count). The summed E-state index contributed by atoms with van der Waals surface area (Å²) in [5.41, 5.74) is -0.788. The van der Waals surface area contributed by atoms with Gasteiger partial charge in [-0.05, 0) is 0 Å². The Morgan fingerprint density at radius 3 is 0.867 bits per heavy atom. The van der Waals surface area contributed by atoms with Gasteiger partial charge in [-0.1, -0.05) is 116 Å². The fraction of sp³-hybridized carbons (Fsp3) is 0.125. The Hall–Kier alpha value is 0.280. The maximum absolute atomic E-state index is 11.8. The molecule has 0 unspecified atom stereocenters. The summed E-state index contributed by atoms with van der Waals surface area (Å²) in [5, 5.41) is 19.9. The number of aliphatic carboxylic acids is 2. The van der Waals surface area contributed by atoms with E-state index in [2.05, 4.69) is 0 Å². The Bertz CT molecular complexity index is 943. The Balaban J connectivity index is 3.14. The number of carbonyl (C=O) groups is 2. The lowest BCUT2D eigenvalue weighted by Gasteiger charge is -2.33. The molecule has 0 saturated heterocycles. The highest BCUT2D eigenvalue weighted by Gasteiger charge is 2.38. The van der Waals surface area contributed by atoms with Crippen LogP contribution in [0.5, 0.6) is 0 Å². The maximum Gasteiger partial charge on any atom is 0.0809 e. The Kier molecular flexibility index (Phi) is 8.88. The van der Waals surface area contributed by atoms with Crippen LogP contribution in [0.25, 0.3) is 0 Å². The third-order valence-electron chi connectivity index (χ3n) is 3.95. The SMILES string of the molecule is O=C([O-])C(C(=O)[O-])C(c1c(Cl)c(Cl)c(Cl)c(Cl)c1Cl)c1c(Cl)c(Cl)c(Cl)c(Cl)c1Cl. The summed E-state index contributed by atoms with van der Waals surface area (Å²) in [7, 11) is 0. The molecule has 0 spiro atoms. The summed E-state index contributed by atoms with van der Waals surface area (Å²) in [6.45, 7) is 0. The van der Waals surface area contributed by atoms with Crippen molar-refractivity contribution in [2.24, 2.45) is 5.92 Å². The number of benzene rings is 2. The van der Waals surface area contributed by atoms with E-state index in [0.29, 0.717) is 0 Å². The largest absolute Gasteiger partial charge is 0.549 e. The van der Waals surface area contributed by atoms with Gasteiger partial charge in [0.1, 0.15) is 0 Å². The minimum Gasteiger partial charge on any atom is -0.549 e. The van der Waals surface area contributed by atoms with E-state index in [4.69, 9.17) is 116 Å². The molecule has 0 radical (unpaired) electrons. The highest BCUT2D eigenvalue weighted by Crippen LogP contribution is 2.54. The number of hydrogen-bond donors (Lipinski definition) is 0. The molecule has 2 aromatic carbocycles. The standard InChI is InChI=1S/C16H4Cl10O4/c17-5-2(6(18)10(22)13(25)9(5)21)1(4(15(27)28)16(29)30)3-7(19)11(23)14(26)12(24)8(3)20/h1,4H,(H,27,28)(H,29,30)/p-2. The van der Waals surface area contributed by atoms with Crippen molar-refractivity contribution in [3.05, 3.63) is 61.4 Å². The van der Waals surface area contributed by atoms with Crippen molar-refractivity contribution in [2.75, 3.05) is 0 Å². The van der Waals surface area contributed by atoms with Gasteiger partial charge in [-0.3, -0.25) is 0 Å². The molecule has 162 valence electrons. The molecule has 0 aliphatic rings. The molecule has 30 heavy (non-hydrogen) atoms. The van der Waals surface area contributed by atoms with Crippen LogP contribution in [0.4, 0.5) is 0 Å². The molecule has 14 heteroatoms. The third-order valence-corrected chi connectivity index (χ3v) is 8.56. The van der Waals surface area contributed by atoms with E-state index in [1.807, 2.05) is 0 Å². The quantitative estimate of drug-likeness (QED) is 0.220. The van der Waals surface area contributed by atoms with Crippen molar-refractivity contribution in [2.45, 2.75) is 5.92 Å². The lowest BCUT2D eigenvalue weighted by molar-refractivity contribution is -0.332. The van der Waals surface area contributed by atoms with Gasteiger partial charge in [0, 0.05) is 23.0 Å². The van der Waals surface area contributed by atoms with E-state index in [1.165, 1.54) is 0 Å². The van der Waals surface area contributed by atoms with Gasteiger partial charge >= 0.3 is 0 Å². The van der Waals surface area contributed by atoms with Crippen LogP contribution in [-0.4, -0.2) is 11.9 Å². The second-order valence-corrected chi connectivity index (χ2v) is 9.34. The molecule has 0 fully saturated rings. The van der Waals surface area contributed by atoms with Crippen molar-refractivity contribution >= 4 is 128 Å². The minimum atomic E-state index is -2.45. The molecule has 0 aliphatic heterocycles. The number of carboxylic acid groups (broad SMARTS) is 2. The molecule has 0 N–H and O–H groups in total. The summed E-state index contributed by atoms with van der Waals surface area (Å²) in [4.78, 5) is 23.5. The number of halogens is 10. The Morgan fingerprint density at radius 1 is 0.467 bits per heavy atom. The molecule has 0 aromatic heterocycles. The van der Waals surface area contributed by atoms with Crippen molar-refractivity contribution in [1.82, 2.24) is 0 Å². The van der Waals surface area contributed by atoms with Crippen LogP contribution in [0, 0.1) is 5.92 Å². The van der Waals surface area contributed by atoms with Crippen LogP contribution in [-0.2, 0) is 9.59 Å². The highest BCUT2D eigenvalue weighted by molar-refractivity contribution is 6.56. The second kappa shape index (κ2) is 10.0. The van der Waals surface area contributed by atoms with E-state index in [1.54, 1.807) is 0 Å². The monoisotopic (exact) mass is 608 g/mol. The highest BCUT2D eigenvalue weighted by atomic mass is 35.5. The number of carboxylic acids is 2. The van der Waals surface area contributed by atoms with Gasteiger partial charge in [0.15, 0.2) is 0 Å². The lowest BCUT2D eigenvalue weighted by Crippen LogP contribution is -2.47. The van der Waals surface area contributed by atoms with Crippen molar-refractivity contribution in [1.29, 1.82) is 0 Å². The summed E-state index contributed by atoms with van der Waals surface area (Å²) in [6.07, 6.45) is 0. The van der Waals surface area contributed by atoms with Gasteiger partial charge in [-0.25, -0.2) is 0 Å². The molecule has 0 aliphatic carbocycles. The van der Waals surface area contributed by atoms with E-state index in [9.17, 15) is 19.8 Å². The normalized spacial score (nSPS) is 11.5. The summed E-state index contributed by atoms with van der Waals surface area (Å²) >= 11 is 61.0. The van der Waals surface area contributed by atoms with Gasteiger partial charge < -0.3 is 19.8 Å². The predicted octanol–water partition coefficient (Wildman–Crippen LogP) is 6.47. The van der Waals surface area contributed by atoms with Crippen LogP contribution in [0.3, 0.4) is 0 Å². The van der Waals surface area contributed by atoms with Crippen molar-refractivity contribution < 1.29 is 19.8 Å². The Labute approximate surface area is 219 Å². The van der Waals surface area contributed by atoms with Crippen LogP contribution < -0.4 is 10.2 Å². The van der Waals surface area contributed by atoms with Gasteiger partial charge in [0.05, 0.1) is 62.2 Å². The van der Waals surface area contributed by atoms with E-state index < -0.39 is 55.0 Å². The molecule has 2 aromatic rings. The van der Waals surface area contributed by atoms with Gasteiger partial charge in [0.2, 0.25) is 0 Å². The minimum absolute atomic E-state index is 0.265. The van der Waals surface area contributed by atoms with Crippen LogP contribution in [0.2, 0.25) is 50.2 Å². The zero-order valence-corrected chi connectivity index (χ0v) is 21.1. The molecule has 0 amide bonds.